The van der Waals surface area contributed by atoms with Crippen LogP contribution in [0.25, 0.3) is 0 Å². The second-order valence-corrected chi connectivity index (χ2v) is 4.92. The van der Waals surface area contributed by atoms with E-state index in [-0.39, 0.29) is 5.91 Å². The SMILES string of the molecule is NC(=O)CCCCNC1CCCCCCC1. The molecule has 1 fully saturated rings. The molecule has 3 N–H and O–H groups in total. The van der Waals surface area contributed by atoms with Gasteiger partial charge in [0.05, 0.1) is 0 Å². The summed E-state index contributed by atoms with van der Waals surface area (Å²) in [5.41, 5.74) is 5.10. The summed E-state index contributed by atoms with van der Waals surface area (Å²) in [5, 5.41) is 3.61. The van der Waals surface area contributed by atoms with E-state index in [1.807, 2.05) is 0 Å². The Balaban J connectivity index is 1.99. The highest BCUT2D eigenvalue weighted by Crippen LogP contribution is 2.16. The van der Waals surface area contributed by atoms with E-state index in [0.29, 0.717) is 12.5 Å². The summed E-state index contributed by atoms with van der Waals surface area (Å²) in [4.78, 5) is 10.5. The van der Waals surface area contributed by atoms with E-state index in [9.17, 15) is 4.79 Å². The molecule has 1 aliphatic carbocycles. The van der Waals surface area contributed by atoms with Crippen molar-refractivity contribution in [3.63, 3.8) is 0 Å². The van der Waals surface area contributed by atoms with Gasteiger partial charge in [0.2, 0.25) is 5.91 Å². The fraction of sp³-hybridized carbons (Fsp3) is 0.923. The first kappa shape index (κ1) is 13.5. The van der Waals surface area contributed by atoms with E-state index >= 15 is 0 Å². The maximum absolute atomic E-state index is 10.5. The van der Waals surface area contributed by atoms with E-state index in [4.69, 9.17) is 5.73 Å². The van der Waals surface area contributed by atoms with Crippen molar-refractivity contribution in [2.75, 3.05) is 6.54 Å². The molecule has 0 bridgehead atoms. The fourth-order valence-electron chi connectivity index (χ4n) is 2.39. The number of unbranched alkanes of at least 4 members (excludes halogenated alkanes) is 1. The molecule has 0 radical (unpaired) electrons. The summed E-state index contributed by atoms with van der Waals surface area (Å²) in [6, 6.07) is 0.717. The quantitative estimate of drug-likeness (QED) is 0.683. The van der Waals surface area contributed by atoms with Crippen molar-refractivity contribution in [2.24, 2.45) is 5.73 Å². The Bertz CT molecular complexity index is 186. The Hall–Kier alpha value is -0.570. The van der Waals surface area contributed by atoms with Crippen LogP contribution in [0.5, 0.6) is 0 Å². The van der Waals surface area contributed by atoms with E-state index < -0.39 is 0 Å². The highest BCUT2D eigenvalue weighted by atomic mass is 16.1. The average Bonchev–Trinajstić information content (AvgIpc) is 2.19. The lowest BCUT2D eigenvalue weighted by Crippen LogP contribution is -2.30. The van der Waals surface area contributed by atoms with Crippen molar-refractivity contribution in [2.45, 2.75) is 70.3 Å². The van der Waals surface area contributed by atoms with Gasteiger partial charge < -0.3 is 11.1 Å². The van der Waals surface area contributed by atoms with E-state index in [1.54, 1.807) is 0 Å². The van der Waals surface area contributed by atoms with Crippen molar-refractivity contribution in [3.05, 3.63) is 0 Å². The zero-order valence-corrected chi connectivity index (χ0v) is 10.3. The van der Waals surface area contributed by atoms with E-state index in [1.165, 1.54) is 44.9 Å². The molecule has 3 heteroatoms. The number of carbonyl (C=O) groups is 1. The minimum absolute atomic E-state index is 0.175. The summed E-state index contributed by atoms with van der Waals surface area (Å²) in [6.07, 6.45) is 12.2. The van der Waals surface area contributed by atoms with Crippen LogP contribution in [-0.4, -0.2) is 18.5 Å². The van der Waals surface area contributed by atoms with Gasteiger partial charge in [0.25, 0.3) is 0 Å². The molecule has 0 aromatic carbocycles. The number of amides is 1. The van der Waals surface area contributed by atoms with Gasteiger partial charge in [-0.3, -0.25) is 4.79 Å². The summed E-state index contributed by atoms with van der Waals surface area (Å²) >= 11 is 0. The highest BCUT2D eigenvalue weighted by molar-refractivity contribution is 5.73. The van der Waals surface area contributed by atoms with Gasteiger partial charge in [0, 0.05) is 12.5 Å². The maximum atomic E-state index is 10.5. The molecule has 0 atom stereocenters. The van der Waals surface area contributed by atoms with Crippen LogP contribution in [0.15, 0.2) is 0 Å². The molecule has 0 aromatic rings. The first-order valence-corrected chi connectivity index (χ1v) is 6.81. The van der Waals surface area contributed by atoms with Crippen LogP contribution in [-0.2, 0) is 4.79 Å². The van der Waals surface area contributed by atoms with Crippen molar-refractivity contribution in [1.29, 1.82) is 0 Å². The third-order valence-electron chi connectivity index (χ3n) is 3.39. The molecule has 0 aliphatic heterocycles. The molecule has 0 aromatic heterocycles. The predicted octanol–water partition coefficient (Wildman–Crippen LogP) is 2.34. The van der Waals surface area contributed by atoms with Crippen LogP contribution in [0.3, 0.4) is 0 Å². The molecule has 1 rings (SSSR count). The molecule has 0 spiro atoms. The van der Waals surface area contributed by atoms with Crippen LogP contribution in [0.4, 0.5) is 0 Å². The minimum atomic E-state index is -0.175. The maximum Gasteiger partial charge on any atom is 0.217 e. The van der Waals surface area contributed by atoms with Crippen LogP contribution >= 0.6 is 0 Å². The predicted molar refractivity (Wildman–Crippen MR) is 67.2 cm³/mol. The molecule has 1 amide bonds. The number of nitrogens with two attached hydrogens (primary N) is 1. The number of primary amides is 1. The Kier molecular flexibility index (Phi) is 7.23. The molecule has 3 nitrogen and oxygen atoms in total. The number of rotatable bonds is 6. The fourth-order valence-corrected chi connectivity index (χ4v) is 2.39. The molecular formula is C13H26N2O. The number of hydrogen-bond acceptors (Lipinski definition) is 2. The van der Waals surface area contributed by atoms with Crippen LogP contribution < -0.4 is 11.1 Å². The second-order valence-electron chi connectivity index (χ2n) is 4.92. The first-order valence-electron chi connectivity index (χ1n) is 6.81. The number of hydrogen-bond donors (Lipinski definition) is 2. The topological polar surface area (TPSA) is 55.1 Å². The van der Waals surface area contributed by atoms with Crippen LogP contribution in [0, 0.1) is 0 Å². The van der Waals surface area contributed by atoms with Gasteiger partial charge in [-0.25, -0.2) is 0 Å². The summed E-state index contributed by atoms with van der Waals surface area (Å²) in [5.74, 6) is -0.175. The highest BCUT2D eigenvalue weighted by Gasteiger charge is 2.09. The summed E-state index contributed by atoms with van der Waals surface area (Å²) < 4.78 is 0. The zero-order valence-electron chi connectivity index (χ0n) is 10.3. The molecule has 1 aliphatic rings. The van der Waals surface area contributed by atoms with E-state index in [0.717, 1.165) is 19.4 Å². The standard InChI is InChI=1S/C13H26N2O/c14-13(16)10-6-7-11-15-12-8-4-2-1-3-5-9-12/h12,15H,1-11H2,(H2,14,16). The van der Waals surface area contributed by atoms with Gasteiger partial charge in [-0.05, 0) is 32.2 Å². The van der Waals surface area contributed by atoms with Gasteiger partial charge in [0.1, 0.15) is 0 Å². The third-order valence-corrected chi connectivity index (χ3v) is 3.39. The minimum Gasteiger partial charge on any atom is -0.370 e. The van der Waals surface area contributed by atoms with Gasteiger partial charge >= 0.3 is 0 Å². The van der Waals surface area contributed by atoms with Gasteiger partial charge in [-0.1, -0.05) is 32.1 Å². The summed E-state index contributed by atoms with van der Waals surface area (Å²) in [7, 11) is 0. The van der Waals surface area contributed by atoms with Gasteiger partial charge in [-0.2, -0.15) is 0 Å². The molecule has 0 saturated heterocycles. The van der Waals surface area contributed by atoms with E-state index in [2.05, 4.69) is 5.32 Å². The Morgan fingerprint density at radius 1 is 1.06 bits per heavy atom. The normalized spacial score (nSPS) is 19.0. The Morgan fingerprint density at radius 2 is 1.69 bits per heavy atom. The molecule has 1 saturated carbocycles. The molecule has 16 heavy (non-hydrogen) atoms. The molecule has 94 valence electrons. The summed E-state index contributed by atoms with van der Waals surface area (Å²) in [6.45, 7) is 1.04. The molecule has 0 unspecified atom stereocenters. The van der Waals surface area contributed by atoms with Crippen LogP contribution in [0.2, 0.25) is 0 Å². The molecule has 0 heterocycles. The van der Waals surface area contributed by atoms with Gasteiger partial charge in [0.15, 0.2) is 0 Å². The second kappa shape index (κ2) is 8.57. The van der Waals surface area contributed by atoms with Gasteiger partial charge in [-0.15, -0.1) is 0 Å². The van der Waals surface area contributed by atoms with Crippen molar-refractivity contribution < 1.29 is 4.79 Å². The monoisotopic (exact) mass is 226 g/mol. The molecular weight excluding hydrogens is 200 g/mol. The lowest BCUT2D eigenvalue weighted by Gasteiger charge is -2.20. The first-order chi connectivity index (χ1) is 7.79. The van der Waals surface area contributed by atoms with Crippen molar-refractivity contribution in [3.8, 4) is 0 Å². The number of carbonyl (C=O) groups excluding carboxylic acids is 1. The van der Waals surface area contributed by atoms with Crippen molar-refractivity contribution in [1.82, 2.24) is 5.32 Å². The van der Waals surface area contributed by atoms with Crippen molar-refractivity contribution >= 4 is 5.91 Å². The lowest BCUT2D eigenvalue weighted by atomic mass is 9.96. The third kappa shape index (κ3) is 6.83. The lowest BCUT2D eigenvalue weighted by molar-refractivity contribution is -0.118. The Labute approximate surface area is 99.2 Å². The largest absolute Gasteiger partial charge is 0.370 e. The smallest absolute Gasteiger partial charge is 0.217 e. The van der Waals surface area contributed by atoms with Crippen LogP contribution in [0.1, 0.15) is 64.2 Å². The Morgan fingerprint density at radius 3 is 2.31 bits per heavy atom. The average molecular weight is 226 g/mol. The zero-order chi connectivity index (χ0) is 11.6. The number of nitrogens with one attached hydrogen (secondary N) is 1.